The minimum Gasteiger partial charge on any atom is -0.386 e. The number of fused-ring (bicyclic) bond motifs is 1. The van der Waals surface area contributed by atoms with Gasteiger partial charge in [-0.3, -0.25) is 0 Å². The van der Waals surface area contributed by atoms with Crippen LogP contribution in [0.2, 0.25) is 0 Å². The normalized spacial score (nSPS) is 19.1. The Labute approximate surface area is 189 Å². The number of rotatable bonds is 4. The van der Waals surface area contributed by atoms with Gasteiger partial charge in [0.2, 0.25) is 0 Å². The summed E-state index contributed by atoms with van der Waals surface area (Å²) in [6.07, 6.45) is 8.78. The highest BCUT2D eigenvalue weighted by Crippen LogP contribution is 2.38. The Bertz CT molecular complexity index is 1150. The van der Waals surface area contributed by atoms with Gasteiger partial charge in [0.15, 0.2) is 0 Å². The van der Waals surface area contributed by atoms with Crippen LogP contribution in [0.1, 0.15) is 71.7 Å². The van der Waals surface area contributed by atoms with Crippen LogP contribution in [0, 0.1) is 5.82 Å². The van der Waals surface area contributed by atoms with Gasteiger partial charge in [-0.1, -0.05) is 12.2 Å². The maximum atomic E-state index is 14.8. The number of H-pyrrole nitrogens is 1. The van der Waals surface area contributed by atoms with Gasteiger partial charge in [0.1, 0.15) is 11.6 Å². The van der Waals surface area contributed by atoms with Gasteiger partial charge in [-0.05, 0) is 72.6 Å². The lowest BCUT2D eigenvalue weighted by Crippen LogP contribution is -2.57. The number of hydrogen-bond donors (Lipinski definition) is 3. The molecule has 32 heavy (non-hydrogen) atoms. The second-order valence-electron chi connectivity index (χ2n) is 10.9. The fourth-order valence-corrected chi connectivity index (χ4v) is 5.02. The van der Waals surface area contributed by atoms with Crippen LogP contribution in [0.15, 0.2) is 36.7 Å². The van der Waals surface area contributed by atoms with Crippen molar-refractivity contribution in [3.8, 4) is 11.3 Å². The molecule has 1 aliphatic rings. The average molecular weight is 437 g/mol. The summed E-state index contributed by atoms with van der Waals surface area (Å²) >= 11 is 0. The first-order valence-electron chi connectivity index (χ1n) is 11.2. The van der Waals surface area contributed by atoms with Crippen LogP contribution in [0.3, 0.4) is 0 Å². The summed E-state index contributed by atoms with van der Waals surface area (Å²) < 4.78 is 14.8. The van der Waals surface area contributed by atoms with Gasteiger partial charge in [-0.2, -0.15) is 0 Å². The topological polar surface area (TPSA) is 73.8 Å². The molecule has 6 heteroatoms. The zero-order chi connectivity index (χ0) is 23.3. The highest BCUT2D eigenvalue weighted by molar-refractivity contribution is 5.95. The maximum Gasteiger partial charge on any atom is 0.132 e. The summed E-state index contributed by atoms with van der Waals surface area (Å²) in [7, 11) is 0. The van der Waals surface area contributed by atoms with Crippen molar-refractivity contribution in [2.75, 3.05) is 0 Å². The van der Waals surface area contributed by atoms with Gasteiger partial charge in [0, 0.05) is 51.4 Å². The number of aromatic nitrogens is 3. The summed E-state index contributed by atoms with van der Waals surface area (Å²) in [6.45, 7) is 12.2. The molecular formula is C26H33FN4O. The number of halogens is 1. The summed E-state index contributed by atoms with van der Waals surface area (Å²) in [4.78, 5) is 12.8. The van der Waals surface area contributed by atoms with Gasteiger partial charge < -0.3 is 15.4 Å². The summed E-state index contributed by atoms with van der Waals surface area (Å²) in [5.41, 5.74) is 1.89. The maximum absolute atomic E-state index is 14.8. The van der Waals surface area contributed by atoms with Crippen molar-refractivity contribution in [1.82, 2.24) is 20.3 Å². The largest absolute Gasteiger partial charge is 0.386 e. The Balaban J connectivity index is 1.70. The summed E-state index contributed by atoms with van der Waals surface area (Å²) in [5.74, 6) is 0.751. The van der Waals surface area contributed by atoms with Crippen molar-refractivity contribution in [3.05, 3.63) is 53.9 Å². The Hall–Kier alpha value is -2.57. The summed E-state index contributed by atoms with van der Waals surface area (Å²) in [5, 5.41) is 14.4. The molecule has 170 valence electrons. The van der Waals surface area contributed by atoms with Gasteiger partial charge in [-0.25, -0.2) is 14.4 Å². The molecule has 0 amide bonds. The molecule has 5 nitrogen and oxygen atoms in total. The number of nitrogens with zero attached hydrogens (tertiary/aromatic N) is 2. The molecular weight excluding hydrogens is 403 g/mol. The van der Waals surface area contributed by atoms with E-state index in [1.54, 1.807) is 38.3 Å². The van der Waals surface area contributed by atoms with E-state index in [1.807, 2.05) is 12.3 Å². The smallest absolute Gasteiger partial charge is 0.132 e. The fourth-order valence-electron chi connectivity index (χ4n) is 5.02. The van der Waals surface area contributed by atoms with Crippen LogP contribution in [0.4, 0.5) is 4.39 Å². The second-order valence-corrected chi connectivity index (χ2v) is 10.9. The third kappa shape index (κ3) is 4.92. The molecule has 1 fully saturated rings. The van der Waals surface area contributed by atoms with E-state index in [2.05, 4.69) is 43.0 Å². The lowest BCUT2D eigenvalue weighted by molar-refractivity contribution is 0.134. The van der Waals surface area contributed by atoms with Crippen LogP contribution >= 0.6 is 0 Å². The molecule has 1 aliphatic heterocycles. The van der Waals surface area contributed by atoms with Crippen molar-refractivity contribution in [1.29, 1.82) is 0 Å². The number of hydrogen-bond acceptors (Lipinski definition) is 4. The van der Waals surface area contributed by atoms with E-state index in [4.69, 9.17) is 4.98 Å². The minimum atomic E-state index is -1.00. The Kier molecular flexibility index (Phi) is 5.50. The van der Waals surface area contributed by atoms with Gasteiger partial charge in [0.25, 0.3) is 0 Å². The molecule has 3 N–H and O–H groups in total. The fraction of sp³-hybridized carbons (Fsp3) is 0.462. The SMILES string of the molecule is CC(C)(O)C=Cc1cc2[nH]cc(-c3ccnc(C4CC(C)(C)NC(C)(C)C4)n3)c2cc1F. The Morgan fingerprint density at radius 1 is 1.16 bits per heavy atom. The van der Waals surface area contributed by atoms with E-state index in [1.165, 1.54) is 6.07 Å². The van der Waals surface area contributed by atoms with Crippen molar-refractivity contribution in [2.45, 2.75) is 77.0 Å². The van der Waals surface area contributed by atoms with E-state index in [0.717, 1.165) is 40.8 Å². The third-order valence-corrected chi connectivity index (χ3v) is 5.98. The molecule has 1 saturated heterocycles. The predicted octanol–water partition coefficient (Wildman–Crippen LogP) is 5.57. The molecule has 0 saturated carbocycles. The van der Waals surface area contributed by atoms with Crippen LogP contribution < -0.4 is 5.32 Å². The molecule has 0 radical (unpaired) electrons. The molecule has 1 aromatic carbocycles. The zero-order valence-corrected chi connectivity index (χ0v) is 19.8. The molecule has 0 unspecified atom stereocenters. The molecule has 2 aromatic heterocycles. The first-order valence-corrected chi connectivity index (χ1v) is 11.2. The number of benzene rings is 1. The van der Waals surface area contributed by atoms with Crippen LogP contribution in [-0.4, -0.2) is 36.7 Å². The number of nitrogens with one attached hydrogen (secondary N) is 2. The Morgan fingerprint density at radius 3 is 2.50 bits per heavy atom. The van der Waals surface area contributed by atoms with E-state index < -0.39 is 5.60 Å². The highest BCUT2D eigenvalue weighted by atomic mass is 19.1. The zero-order valence-electron chi connectivity index (χ0n) is 19.8. The number of aliphatic hydroxyl groups is 1. The predicted molar refractivity (Wildman–Crippen MR) is 128 cm³/mol. The molecule has 3 heterocycles. The minimum absolute atomic E-state index is 0.00272. The summed E-state index contributed by atoms with van der Waals surface area (Å²) in [6, 6.07) is 5.17. The molecule has 0 spiro atoms. The third-order valence-electron chi connectivity index (χ3n) is 5.98. The van der Waals surface area contributed by atoms with Gasteiger partial charge in [-0.15, -0.1) is 0 Å². The molecule has 0 atom stereocenters. The van der Waals surface area contributed by atoms with E-state index in [9.17, 15) is 9.50 Å². The second kappa shape index (κ2) is 7.78. The van der Waals surface area contributed by atoms with Crippen LogP contribution in [0.25, 0.3) is 28.2 Å². The molecule has 0 aliphatic carbocycles. The van der Waals surface area contributed by atoms with Crippen molar-refractivity contribution in [3.63, 3.8) is 0 Å². The van der Waals surface area contributed by atoms with Crippen molar-refractivity contribution in [2.24, 2.45) is 0 Å². The standard InChI is InChI=1S/C26H33FN4O/c1-24(2)13-17(14-25(3,4)31-24)23-28-10-8-21(30-23)19-15-29-22-11-16(7-9-26(5,6)32)20(27)12-18(19)22/h7-12,15,17,29,31-32H,13-14H2,1-6H3. The van der Waals surface area contributed by atoms with Crippen LogP contribution in [-0.2, 0) is 0 Å². The van der Waals surface area contributed by atoms with Gasteiger partial charge >= 0.3 is 0 Å². The average Bonchev–Trinajstić information content (AvgIpc) is 3.05. The molecule has 4 rings (SSSR count). The van der Waals surface area contributed by atoms with Crippen LogP contribution in [0.5, 0.6) is 0 Å². The highest BCUT2D eigenvalue weighted by Gasteiger charge is 2.39. The number of piperidine rings is 1. The van der Waals surface area contributed by atoms with E-state index in [-0.39, 0.29) is 22.8 Å². The first kappa shape index (κ1) is 22.6. The van der Waals surface area contributed by atoms with E-state index in [0.29, 0.717) is 5.56 Å². The van der Waals surface area contributed by atoms with Crippen molar-refractivity contribution < 1.29 is 9.50 Å². The lowest BCUT2D eigenvalue weighted by atomic mass is 9.75. The first-order chi connectivity index (χ1) is 14.8. The molecule has 3 aromatic rings. The molecule has 0 bridgehead atoms. The Morgan fingerprint density at radius 2 is 1.84 bits per heavy atom. The van der Waals surface area contributed by atoms with Crippen molar-refractivity contribution >= 4 is 17.0 Å². The quantitative estimate of drug-likeness (QED) is 0.500. The lowest BCUT2D eigenvalue weighted by Gasteiger charge is -2.46. The monoisotopic (exact) mass is 436 g/mol. The number of aromatic amines is 1. The van der Waals surface area contributed by atoms with Gasteiger partial charge in [0.05, 0.1) is 11.3 Å². The van der Waals surface area contributed by atoms with E-state index >= 15 is 0 Å².